The number of hydrogen-bond acceptors (Lipinski definition) is 7. The summed E-state index contributed by atoms with van der Waals surface area (Å²) in [5, 5.41) is 25.9. The molecule has 0 bridgehead atoms. The molecule has 1 saturated carbocycles. The Morgan fingerprint density at radius 2 is 1.41 bits per heavy atom. The molecule has 0 heterocycles. The number of carboxylic acid groups (broad SMARTS) is 2. The third kappa shape index (κ3) is 7.37. The van der Waals surface area contributed by atoms with Gasteiger partial charge in [0.05, 0.1) is 0 Å². The van der Waals surface area contributed by atoms with Crippen LogP contribution in [0.25, 0.3) is 0 Å². The maximum absolute atomic E-state index is 10.4. The molecule has 8 N–H and O–H groups in total. The molecule has 0 unspecified atom stereocenters. The maximum atomic E-state index is 10.4. The molecule has 0 amide bonds. The molecule has 1 fully saturated rings. The molecule has 0 saturated heterocycles. The Morgan fingerprint density at radius 1 is 1.18 bits per heavy atom. The van der Waals surface area contributed by atoms with Crippen molar-refractivity contribution in [3.8, 4) is 0 Å². The normalized spacial score (nSPS) is 13.6. The van der Waals surface area contributed by atoms with Gasteiger partial charge in [0.15, 0.2) is 5.41 Å². The van der Waals surface area contributed by atoms with Crippen molar-refractivity contribution in [2.75, 3.05) is 0 Å². The SMILES string of the molecule is N.N.O=C(O)C1(C(=O)O)CCC1.O=N[O-].[Br][Pt]. The molecule has 0 aromatic carbocycles. The second-order valence-corrected chi connectivity index (χ2v) is 2.62. The Hall–Kier alpha value is -0.572. The summed E-state index contributed by atoms with van der Waals surface area (Å²) in [5.41, 5.74) is -1.44. The molecule has 107 valence electrons. The minimum atomic E-state index is -1.44. The number of carbonyl (C=O) groups is 2. The van der Waals surface area contributed by atoms with Crippen LogP contribution in [0, 0.1) is 15.5 Å². The molecule has 9 nitrogen and oxygen atoms in total. The summed E-state index contributed by atoms with van der Waals surface area (Å²) in [5.74, 6) is -2.41. The first-order chi connectivity index (χ1) is 7.01. The average molecular weight is 499 g/mol. The first-order valence-electron chi connectivity index (χ1n) is 3.55. The Balaban J connectivity index is -0.000000106. The molecule has 1 aliphatic carbocycles. The van der Waals surface area contributed by atoms with Gasteiger partial charge in [-0.05, 0) is 19.3 Å². The molecule has 0 aliphatic heterocycles. The number of aliphatic carboxylic acids is 2. The molecule has 1 rings (SSSR count). The number of halogens is 1. The van der Waals surface area contributed by atoms with E-state index in [1.54, 1.807) is 0 Å². The van der Waals surface area contributed by atoms with E-state index in [1.165, 1.54) is 0 Å². The van der Waals surface area contributed by atoms with Crippen molar-refractivity contribution in [1.29, 1.82) is 0 Å². The zero-order valence-corrected chi connectivity index (χ0v) is 12.6. The van der Waals surface area contributed by atoms with Crippen LogP contribution >= 0.6 is 13.3 Å². The summed E-state index contributed by atoms with van der Waals surface area (Å²) in [4.78, 5) is 28.7. The van der Waals surface area contributed by atoms with Crippen molar-refractivity contribution in [2.24, 2.45) is 10.8 Å². The van der Waals surface area contributed by atoms with E-state index in [1.807, 2.05) is 17.8 Å². The number of rotatable bonds is 2. The monoisotopic (exact) mass is 498 g/mol. The second kappa shape index (κ2) is 13.5. The Labute approximate surface area is 115 Å². The molecular weight excluding hydrogens is 485 g/mol. The van der Waals surface area contributed by atoms with E-state index in [0.717, 1.165) is 5.34 Å². The first-order valence-corrected chi connectivity index (χ1v) is 8.51. The predicted molar refractivity (Wildman–Crippen MR) is 59.7 cm³/mol. The summed E-state index contributed by atoms with van der Waals surface area (Å²) < 4.78 is 0. The van der Waals surface area contributed by atoms with Crippen molar-refractivity contribution in [1.82, 2.24) is 12.3 Å². The van der Waals surface area contributed by atoms with Crippen molar-refractivity contribution in [3.05, 3.63) is 10.1 Å². The van der Waals surface area contributed by atoms with Crippen LogP contribution in [0.1, 0.15) is 19.3 Å². The second-order valence-electron chi connectivity index (χ2n) is 2.62. The van der Waals surface area contributed by atoms with Crippen LogP contribution in [-0.4, -0.2) is 22.2 Å². The van der Waals surface area contributed by atoms with Crippen LogP contribution in [0.3, 0.4) is 0 Å². The molecule has 0 spiro atoms. The van der Waals surface area contributed by atoms with Gasteiger partial charge in [0.25, 0.3) is 0 Å². The minimum absolute atomic E-state index is 0. The fraction of sp³-hybridized carbons (Fsp3) is 0.667. The number of nitrogens with zero attached hydrogens (tertiary/aromatic N) is 1. The average Bonchev–Trinajstić information content (AvgIpc) is 2.05. The molecule has 0 aromatic heterocycles. The summed E-state index contributed by atoms with van der Waals surface area (Å²) in [6.45, 7) is 0. The third-order valence-corrected chi connectivity index (χ3v) is 2.03. The molecule has 1 aliphatic rings. The molecule has 0 atom stereocenters. The fourth-order valence-electron chi connectivity index (χ4n) is 1.05. The van der Waals surface area contributed by atoms with E-state index in [2.05, 4.69) is 13.3 Å². The first kappa shape index (κ1) is 25.3. The molecule has 11 heteroatoms. The molecule has 17 heavy (non-hydrogen) atoms. The molecule has 0 aromatic rings. The van der Waals surface area contributed by atoms with Crippen LogP contribution in [0.5, 0.6) is 0 Å². The van der Waals surface area contributed by atoms with Crippen LogP contribution in [0.4, 0.5) is 0 Å². The van der Waals surface area contributed by atoms with E-state index < -0.39 is 17.4 Å². The van der Waals surface area contributed by atoms with Gasteiger partial charge in [-0.3, -0.25) is 9.59 Å². The van der Waals surface area contributed by atoms with Gasteiger partial charge >= 0.3 is 43.0 Å². The van der Waals surface area contributed by atoms with Gasteiger partial charge in [0.2, 0.25) is 0 Å². The van der Waals surface area contributed by atoms with Crippen LogP contribution in [0.2, 0.25) is 0 Å². The molecule has 0 radical (unpaired) electrons. The van der Waals surface area contributed by atoms with Gasteiger partial charge in [0, 0.05) is 0 Å². The zero-order valence-electron chi connectivity index (χ0n) is 8.70. The summed E-state index contributed by atoms with van der Waals surface area (Å²) in [6.07, 6.45) is 1.26. The van der Waals surface area contributed by atoms with E-state index in [4.69, 9.17) is 20.3 Å². The van der Waals surface area contributed by atoms with E-state index >= 15 is 0 Å². The zero-order chi connectivity index (χ0) is 12.5. The fourth-order valence-corrected chi connectivity index (χ4v) is 1.05. The van der Waals surface area contributed by atoms with Crippen molar-refractivity contribution < 1.29 is 37.6 Å². The number of hydrogen-bond donors (Lipinski definition) is 4. The molecular formula is C6H14BrN3O6Pt-. The topological polar surface area (TPSA) is 197 Å². The predicted octanol–water partition coefficient (Wildman–Crippen LogP) is 1.74. The van der Waals surface area contributed by atoms with Gasteiger partial charge in [-0.25, -0.2) is 0 Å². The Bertz CT molecular complexity index is 222. The van der Waals surface area contributed by atoms with Crippen molar-refractivity contribution >= 4 is 25.2 Å². The van der Waals surface area contributed by atoms with E-state index in [9.17, 15) is 9.59 Å². The standard InChI is InChI=1S/C6H8O4.BrH.HNO2.2H3N.Pt/c7-4(8)6(5(9)10)2-1-3-6;;2-1-3;;;/h1-3H2,(H,7,8)(H,9,10);1H;(H,2,3);2*1H3;/q;;;;;+1/p-2. The van der Waals surface area contributed by atoms with Crippen LogP contribution in [-0.2, 0) is 27.3 Å². The quantitative estimate of drug-likeness (QED) is 0.250. The number of carboxylic acids is 2. The van der Waals surface area contributed by atoms with Crippen LogP contribution in [0.15, 0.2) is 5.34 Å². The Kier molecular flexibility index (Phi) is 20.1. The van der Waals surface area contributed by atoms with Crippen molar-refractivity contribution in [3.63, 3.8) is 0 Å². The summed E-state index contributed by atoms with van der Waals surface area (Å²) >= 11 is 4.86. The van der Waals surface area contributed by atoms with Crippen molar-refractivity contribution in [2.45, 2.75) is 19.3 Å². The summed E-state index contributed by atoms with van der Waals surface area (Å²) in [7, 11) is 0. The van der Waals surface area contributed by atoms with Gasteiger partial charge in [-0.2, -0.15) is 0 Å². The third-order valence-electron chi connectivity index (χ3n) is 2.03. The van der Waals surface area contributed by atoms with Gasteiger partial charge < -0.3 is 32.6 Å². The Morgan fingerprint density at radius 3 is 1.41 bits per heavy atom. The van der Waals surface area contributed by atoms with E-state index in [-0.39, 0.29) is 25.1 Å². The van der Waals surface area contributed by atoms with Gasteiger partial charge in [-0.1, -0.05) is 0 Å². The summed E-state index contributed by atoms with van der Waals surface area (Å²) in [6, 6.07) is 0. The van der Waals surface area contributed by atoms with E-state index in [0.29, 0.717) is 6.42 Å². The van der Waals surface area contributed by atoms with Gasteiger partial charge in [-0.15, -0.1) is 5.34 Å². The van der Waals surface area contributed by atoms with Crippen LogP contribution < -0.4 is 12.3 Å². The van der Waals surface area contributed by atoms with Gasteiger partial charge in [0.1, 0.15) is 0 Å².